The van der Waals surface area contributed by atoms with Gasteiger partial charge in [0.15, 0.2) is 5.65 Å². The second-order valence-corrected chi connectivity index (χ2v) is 8.91. The average molecular weight is 414 g/mol. The molecule has 0 unspecified atom stereocenters. The van der Waals surface area contributed by atoms with Crippen molar-refractivity contribution in [2.24, 2.45) is 0 Å². The van der Waals surface area contributed by atoms with Gasteiger partial charge in [0.2, 0.25) is 0 Å². The number of aryl methyl sites for hydroxylation is 2. The molecule has 0 spiro atoms. The Morgan fingerprint density at radius 2 is 1.71 bits per heavy atom. The quantitative estimate of drug-likeness (QED) is 0.375. The number of hydrogen-bond acceptors (Lipinski definition) is 3. The number of aromatic amines is 1. The van der Waals surface area contributed by atoms with Gasteiger partial charge in [-0.3, -0.25) is 5.10 Å². The van der Waals surface area contributed by atoms with Gasteiger partial charge in [-0.25, -0.2) is 9.78 Å². The molecule has 31 heavy (non-hydrogen) atoms. The lowest BCUT2D eigenvalue weighted by atomic mass is 9.89. The molecule has 158 valence electrons. The number of carbonyl (C=O) groups is 1. The molecule has 0 saturated carbocycles. The van der Waals surface area contributed by atoms with Gasteiger partial charge in [0.1, 0.15) is 0 Å². The molecular weight excluding hydrogens is 386 g/mol. The molecule has 6 nitrogen and oxygen atoms in total. The van der Waals surface area contributed by atoms with Crippen molar-refractivity contribution in [1.29, 1.82) is 0 Å². The predicted molar refractivity (Wildman–Crippen MR) is 127 cm³/mol. The minimum Gasteiger partial charge on any atom is -0.308 e. The van der Waals surface area contributed by atoms with Gasteiger partial charge in [0.05, 0.1) is 6.20 Å². The lowest BCUT2D eigenvalue weighted by molar-refractivity contribution is 0.262. The summed E-state index contributed by atoms with van der Waals surface area (Å²) in [5.74, 6) is 0. The van der Waals surface area contributed by atoms with E-state index in [2.05, 4.69) is 47.7 Å². The fraction of sp³-hybridized carbons (Fsp3) is 0.240. The number of aromatic nitrogens is 3. The van der Waals surface area contributed by atoms with E-state index in [1.807, 2.05) is 56.3 Å². The molecule has 2 heterocycles. The van der Waals surface area contributed by atoms with Crippen molar-refractivity contribution in [2.45, 2.75) is 40.0 Å². The van der Waals surface area contributed by atoms with E-state index in [-0.39, 0.29) is 11.4 Å². The van der Waals surface area contributed by atoms with Crippen LogP contribution < -0.4 is 10.6 Å². The van der Waals surface area contributed by atoms with Gasteiger partial charge in [-0.2, -0.15) is 5.10 Å². The summed E-state index contributed by atoms with van der Waals surface area (Å²) in [5, 5.41) is 13.9. The molecule has 0 fully saturated rings. The fourth-order valence-electron chi connectivity index (χ4n) is 3.44. The highest BCUT2D eigenvalue weighted by Crippen LogP contribution is 2.32. The number of H-pyrrole nitrogens is 1. The smallest absolute Gasteiger partial charge is 0.308 e. The van der Waals surface area contributed by atoms with E-state index in [0.29, 0.717) is 0 Å². The van der Waals surface area contributed by atoms with Crippen LogP contribution in [-0.4, -0.2) is 21.2 Å². The van der Waals surface area contributed by atoms with E-state index in [9.17, 15) is 4.79 Å². The predicted octanol–water partition coefficient (Wildman–Crippen LogP) is 6.18. The zero-order valence-electron chi connectivity index (χ0n) is 18.5. The highest BCUT2D eigenvalue weighted by Gasteiger charge is 2.19. The minimum atomic E-state index is -0.266. The van der Waals surface area contributed by atoms with Crippen LogP contribution in [0.3, 0.4) is 0 Å². The minimum absolute atomic E-state index is 0.0818. The third-order valence-electron chi connectivity index (χ3n) is 5.29. The molecule has 2 aromatic heterocycles. The highest BCUT2D eigenvalue weighted by atomic mass is 16.2. The molecule has 2 aromatic carbocycles. The zero-order chi connectivity index (χ0) is 22.2. The van der Waals surface area contributed by atoms with Crippen molar-refractivity contribution in [3.8, 4) is 11.1 Å². The van der Waals surface area contributed by atoms with Gasteiger partial charge in [-0.05, 0) is 60.4 Å². The second kappa shape index (κ2) is 7.87. The molecule has 0 radical (unpaired) electrons. The highest BCUT2D eigenvalue weighted by molar-refractivity contribution is 6.00. The Hall–Kier alpha value is -3.67. The summed E-state index contributed by atoms with van der Waals surface area (Å²) in [7, 11) is 0. The molecule has 0 aliphatic heterocycles. The van der Waals surface area contributed by atoms with Crippen LogP contribution in [0.15, 0.2) is 54.7 Å². The number of benzene rings is 2. The van der Waals surface area contributed by atoms with Gasteiger partial charge in [-0.15, -0.1) is 0 Å². The zero-order valence-corrected chi connectivity index (χ0v) is 18.5. The standard InChI is InChI=1S/C25H27N5O/c1-15-6-7-16(2)21(12-15)28-24(31)27-18-10-8-17(9-11-18)19-13-22(25(3,4)5)29-23-20(19)14-26-30-23/h6-14H,1-5H3,(H,26,29,30)(H2,27,28,31). The summed E-state index contributed by atoms with van der Waals surface area (Å²) in [5.41, 5.74) is 7.45. The van der Waals surface area contributed by atoms with Crippen molar-refractivity contribution in [3.63, 3.8) is 0 Å². The number of hydrogen-bond donors (Lipinski definition) is 3. The Bertz CT molecular complexity index is 1250. The summed E-state index contributed by atoms with van der Waals surface area (Å²) in [4.78, 5) is 17.2. The Balaban J connectivity index is 1.57. The molecular formula is C25H27N5O. The van der Waals surface area contributed by atoms with Crippen molar-refractivity contribution in [2.75, 3.05) is 10.6 Å². The van der Waals surface area contributed by atoms with Gasteiger partial charge < -0.3 is 10.6 Å². The van der Waals surface area contributed by atoms with Crippen LogP contribution in [0.4, 0.5) is 16.2 Å². The maximum Gasteiger partial charge on any atom is 0.323 e. The van der Waals surface area contributed by atoms with Gasteiger partial charge >= 0.3 is 6.03 Å². The molecule has 3 N–H and O–H groups in total. The van der Waals surface area contributed by atoms with Crippen LogP contribution in [0, 0.1) is 13.8 Å². The van der Waals surface area contributed by atoms with E-state index < -0.39 is 0 Å². The number of nitrogens with one attached hydrogen (secondary N) is 3. The number of carbonyl (C=O) groups excluding carboxylic acids is 1. The van der Waals surface area contributed by atoms with Gasteiger partial charge in [-0.1, -0.05) is 45.0 Å². The summed E-state index contributed by atoms with van der Waals surface area (Å²) in [6, 6.07) is 15.6. The number of anilines is 2. The molecule has 4 aromatic rings. The Morgan fingerprint density at radius 1 is 0.968 bits per heavy atom. The largest absolute Gasteiger partial charge is 0.323 e. The van der Waals surface area contributed by atoms with Crippen molar-refractivity contribution < 1.29 is 4.79 Å². The Morgan fingerprint density at radius 3 is 2.42 bits per heavy atom. The molecule has 6 heteroatoms. The first-order valence-corrected chi connectivity index (χ1v) is 10.3. The average Bonchev–Trinajstić information content (AvgIpc) is 3.19. The first-order valence-electron chi connectivity index (χ1n) is 10.3. The number of pyridine rings is 1. The molecule has 0 atom stereocenters. The summed E-state index contributed by atoms with van der Waals surface area (Å²) >= 11 is 0. The van der Waals surface area contributed by atoms with Gasteiger partial charge in [0.25, 0.3) is 0 Å². The number of fused-ring (bicyclic) bond motifs is 1. The third kappa shape index (κ3) is 4.43. The summed E-state index contributed by atoms with van der Waals surface area (Å²) in [6.07, 6.45) is 1.80. The molecule has 2 amide bonds. The van der Waals surface area contributed by atoms with E-state index in [1.54, 1.807) is 6.20 Å². The SMILES string of the molecule is Cc1ccc(C)c(NC(=O)Nc2ccc(-c3cc(C(C)(C)C)nc4[nH]ncc34)cc2)c1. The van der Waals surface area contributed by atoms with E-state index >= 15 is 0 Å². The topological polar surface area (TPSA) is 82.7 Å². The summed E-state index contributed by atoms with van der Waals surface area (Å²) in [6.45, 7) is 10.4. The van der Waals surface area contributed by atoms with Crippen molar-refractivity contribution in [1.82, 2.24) is 15.2 Å². The number of rotatable bonds is 3. The van der Waals surface area contributed by atoms with Gasteiger partial charge in [0, 0.05) is 27.9 Å². The second-order valence-electron chi connectivity index (χ2n) is 8.91. The van der Waals surface area contributed by atoms with Crippen LogP contribution in [-0.2, 0) is 5.41 Å². The molecule has 0 aliphatic rings. The maximum absolute atomic E-state index is 12.5. The van der Waals surface area contributed by atoms with E-state index in [4.69, 9.17) is 4.98 Å². The molecule has 0 aliphatic carbocycles. The van der Waals surface area contributed by atoms with Crippen LogP contribution in [0.1, 0.15) is 37.6 Å². The normalized spacial score (nSPS) is 11.5. The molecule has 0 bridgehead atoms. The van der Waals surface area contributed by atoms with E-state index in [0.717, 1.165) is 50.4 Å². The molecule has 4 rings (SSSR count). The van der Waals surface area contributed by atoms with Crippen molar-refractivity contribution >= 4 is 28.4 Å². The van der Waals surface area contributed by atoms with Crippen LogP contribution in [0.5, 0.6) is 0 Å². The molecule has 0 saturated heterocycles. The van der Waals surface area contributed by atoms with Crippen molar-refractivity contribution in [3.05, 3.63) is 71.5 Å². The number of nitrogens with zero attached hydrogens (tertiary/aromatic N) is 2. The summed E-state index contributed by atoms with van der Waals surface area (Å²) < 4.78 is 0. The first kappa shape index (κ1) is 20.6. The number of urea groups is 1. The Kier molecular flexibility index (Phi) is 5.23. The maximum atomic E-state index is 12.5. The van der Waals surface area contributed by atoms with Crippen LogP contribution in [0.2, 0.25) is 0 Å². The fourth-order valence-corrected chi connectivity index (χ4v) is 3.44. The van der Waals surface area contributed by atoms with Crippen LogP contribution in [0.25, 0.3) is 22.2 Å². The van der Waals surface area contributed by atoms with Crippen LogP contribution >= 0.6 is 0 Å². The monoisotopic (exact) mass is 413 g/mol. The third-order valence-corrected chi connectivity index (χ3v) is 5.29. The Labute approximate surface area is 182 Å². The lowest BCUT2D eigenvalue weighted by Crippen LogP contribution is -2.20. The number of amides is 2. The van der Waals surface area contributed by atoms with E-state index in [1.165, 1.54) is 0 Å². The lowest BCUT2D eigenvalue weighted by Gasteiger charge is -2.19. The first-order chi connectivity index (χ1) is 14.7.